The molecule has 0 N–H and O–H groups in total. The van der Waals surface area contributed by atoms with E-state index in [-0.39, 0.29) is 5.41 Å². The summed E-state index contributed by atoms with van der Waals surface area (Å²) in [7, 11) is 0. The van der Waals surface area contributed by atoms with Crippen LogP contribution in [0.1, 0.15) is 127 Å². The van der Waals surface area contributed by atoms with Gasteiger partial charge in [0.05, 0.1) is 11.5 Å². The van der Waals surface area contributed by atoms with Gasteiger partial charge >= 0.3 is 0 Å². The highest BCUT2D eigenvalue weighted by molar-refractivity contribution is 5.68. The largest absolute Gasteiger partial charge is 0.198 e. The monoisotopic (exact) mass is 457 g/mol. The molecule has 0 unspecified atom stereocenters. The molecule has 3 rings (SSSR count). The molecule has 1 aliphatic carbocycles. The Morgan fingerprint density at radius 1 is 0.765 bits per heavy atom. The van der Waals surface area contributed by atoms with Crippen molar-refractivity contribution in [3.8, 4) is 17.2 Å². The summed E-state index contributed by atoms with van der Waals surface area (Å²) in [4.78, 5) is 0. The highest BCUT2D eigenvalue weighted by Gasteiger charge is 2.35. The lowest BCUT2D eigenvalue weighted by Crippen LogP contribution is -2.25. The van der Waals surface area contributed by atoms with E-state index >= 15 is 0 Å². The number of unbranched alkanes of at least 4 members (excludes halogenated alkanes) is 8. The van der Waals surface area contributed by atoms with Crippen LogP contribution in [0.25, 0.3) is 11.1 Å². The van der Waals surface area contributed by atoms with E-state index in [4.69, 9.17) is 0 Å². The maximum Gasteiger partial charge on any atom is 0.0689 e. The van der Waals surface area contributed by atoms with E-state index in [1.807, 2.05) is 0 Å². The normalized spacial score (nSPS) is 20.2. The van der Waals surface area contributed by atoms with Crippen LogP contribution < -0.4 is 0 Å². The molecule has 184 valence electrons. The number of hydrogen-bond acceptors (Lipinski definition) is 1. The van der Waals surface area contributed by atoms with Gasteiger partial charge in [0.25, 0.3) is 0 Å². The summed E-state index contributed by atoms with van der Waals surface area (Å²) in [6.07, 6.45) is 19.9. The molecule has 0 saturated heterocycles. The molecule has 0 aromatic heterocycles. The van der Waals surface area contributed by atoms with Gasteiger partial charge in [0.2, 0.25) is 0 Å². The summed E-state index contributed by atoms with van der Waals surface area (Å²) in [5.74, 6) is 0.580. The van der Waals surface area contributed by atoms with E-state index < -0.39 is 0 Å². The minimum atomic E-state index is -0.0744. The summed E-state index contributed by atoms with van der Waals surface area (Å²) >= 11 is 0. The number of hydrogen-bond donors (Lipinski definition) is 0. The molecule has 0 spiro atoms. The van der Waals surface area contributed by atoms with Crippen LogP contribution in [0, 0.1) is 16.7 Å². The van der Waals surface area contributed by atoms with Crippen LogP contribution in [0.3, 0.4) is 0 Å². The molecule has 1 fully saturated rings. The van der Waals surface area contributed by atoms with E-state index in [0.717, 1.165) is 32.1 Å². The first-order valence-electron chi connectivity index (χ1n) is 14.3. The molecule has 2 aromatic rings. The van der Waals surface area contributed by atoms with Crippen LogP contribution in [0.15, 0.2) is 48.5 Å². The van der Waals surface area contributed by atoms with Crippen molar-refractivity contribution in [2.24, 2.45) is 5.41 Å². The summed E-state index contributed by atoms with van der Waals surface area (Å²) in [5, 5.41) is 10.1. The van der Waals surface area contributed by atoms with Crippen LogP contribution in [-0.4, -0.2) is 0 Å². The van der Waals surface area contributed by atoms with Gasteiger partial charge in [0.15, 0.2) is 0 Å². The van der Waals surface area contributed by atoms with Crippen molar-refractivity contribution >= 4 is 0 Å². The lowest BCUT2D eigenvalue weighted by atomic mass is 9.67. The quantitative estimate of drug-likeness (QED) is 0.259. The molecule has 0 aliphatic heterocycles. The number of aryl methyl sites for hydroxylation is 1. The summed E-state index contributed by atoms with van der Waals surface area (Å²) in [5.41, 5.74) is 5.61. The molecule has 0 bridgehead atoms. The van der Waals surface area contributed by atoms with Gasteiger partial charge in [-0.2, -0.15) is 5.26 Å². The van der Waals surface area contributed by atoms with Gasteiger partial charge in [-0.05, 0) is 73.1 Å². The Balaban J connectivity index is 1.56. The predicted octanol–water partition coefficient (Wildman–Crippen LogP) is 10.4. The molecule has 0 radical (unpaired) electrons. The second-order valence-electron chi connectivity index (χ2n) is 10.8. The van der Waals surface area contributed by atoms with Crippen molar-refractivity contribution in [3.05, 3.63) is 59.7 Å². The molecular formula is C33H47N. The van der Waals surface area contributed by atoms with Crippen molar-refractivity contribution < 1.29 is 0 Å². The van der Waals surface area contributed by atoms with Gasteiger partial charge in [-0.3, -0.25) is 0 Å². The van der Waals surface area contributed by atoms with E-state index in [1.165, 1.54) is 92.9 Å². The number of rotatable bonds is 14. The van der Waals surface area contributed by atoms with E-state index in [9.17, 15) is 5.26 Å². The molecule has 2 aromatic carbocycles. The molecule has 1 saturated carbocycles. The fraction of sp³-hybridized carbons (Fsp3) is 0.606. The molecule has 0 heterocycles. The Morgan fingerprint density at radius 3 is 2.06 bits per heavy atom. The Kier molecular flexibility index (Phi) is 11.2. The second-order valence-corrected chi connectivity index (χ2v) is 10.8. The second kappa shape index (κ2) is 14.4. The van der Waals surface area contributed by atoms with Crippen LogP contribution in [0.5, 0.6) is 0 Å². The van der Waals surface area contributed by atoms with Crippen molar-refractivity contribution in [2.45, 2.75) is 122 Å². The van der Waals surface area contributed by atoms with Crippen LogP contribution in [0.2, 0.25) is 0 Å². The van der Waals surface area contributed by atoms with Gasteiger partial charge in [0.1, 0.15) is 0 Å². The lowest BCUT2D eigenvalue weighted by Gasteiger charge is -2.36. The fourth-order valence-electron chi connectivity index (χ4n) is 5.87. The van der Waals surface area contributed by atoms with Crippen LogP contribution >= 0.6 is 0 Å². The van der Waals surface area contributed by atoms with Gasteiger partial charge < -0.3 is 0 Å². The Bertz CT molecular complexity index is 864. The average Bonchev–Trinajstić information content (AvgIpc) is 2.89. The smallest absolute Gasteiger partial charge is 0.0689 e. The highest BCUT2D eigenvalue weighted by Crippen LogP contribution is 2.47. The van der Waals surface area contributed by atoms with Crippen LogP contribution in [0.4, 0.5) is 0 Å². The van der Waals surface area contributed by atoms with Gasteiger partial charge in [-0.25, -0.2) is 0 Å². The topological polar surface area (TPSA) is 23.8 Å². The highest BCUT2D eigenvalue weighted by atomic mass is 14.4. The Labute approximate surface area is 210 Å². The Morgan fingerprint density at radius 2 is 1.38 bits per heavy atom. The molecular weight excluding hydrogens is 410 g/mol. The average molecular weight is 458 g/mol. The molecule has 34 heavy (non-hydrogen) atoms. The third-order valence-corrected chi connectivity index (χ3v) is 8.17. The van der Waals surface area contributed by atoms with Crippen molar-refractivity contribution in [1.82, 2.24) is 0 Å². The molecule has 1 aliphatic rings. The van der Waals surface area contributed by atoms with Crippen molar-refractivity contribution in [3.63, 3.8) is 0 Å². The first-order chi connectivity index (χ1) is 16.7. The fourth-order valence-corrected chi connectivity index (χ4v) is 5.87. The summed E-state index contributed by atoms with van der Waals surface area (Å²) in [6.45, 7) is 4.54. The maximum absolute atomic E-state index is 10.1. The number of nitrogens with zero attached hydrogens (tertiary/aromatic N) is 1. The minimum absolute atomic E-state index is 0.0744. The van der Waals surface area contributed by atoms with E-state index in [0.29, 0.717) is 5.92 Å². The van der Waals surface area contributed by atoms with E-state index in [1.54, 1.807) is 0 Å². The third-order valence-electron chi connectivity index (χ3n) is 8.17. The zero-order valence-electron chi connectivity index (χ0n) is 22.0. The van der Waals surface area contributed by atoms with Crippen molar-refractivity contribution in [1.29, 1.82) is 5.26 Å². The molecule has 1 nitrogen and oxygen atoms in total. The number of nitriles is 1. The molecule has 0 atom stereocenters. The summed E-state index contributed by atoms with van der Waals surface area (Å²) in [6, 6.07) is 21.1. The first-order valence-corrected chi connectivity index (χ1v) is 14.3. The van der Waals surface area contributed by atoms with Crippen molar-refractivity contribution in [2.75, 3.05) is 0 Å². The first kappa shape index (κ1) is 26.5. The minimum Gasteiger partial charge on any atom is -0.198 e. The van der Waals surface area contributed by atoms with Gasteiger partial charge in [-0.15, -0.1) is 0 Å². The predicted molar refractivity (Wildman–Crippen MR) is 147 cm³/mol. The van der Waals surface area contributed by atoms with Gasteiger partial charge in [0, 0.05) is 0 Å². The molecule has 1 heteroatoms. The zero-order chi connectivity index (χ0) is 24.1. The lowest BCUT2D eigenvalue weighted by molar-refractivity contribution is 0.223. The maximum atomic E-state index is 10.1. The molecule has 0 amide bonds. The summed E-state index contributed by atoms with van der Waals surface area (Å²) < 4.78 is 0. The standard InChI is InChI=1S/C33H47N/c1-3-5-7-8-9-10-14-24-33(27-34)25-22-30(23-26-33)32-17-13-12-16-31(32)29-20-18-28(19-21-29)15-11-6-4-2/h12-13,16-21,30H,3-11,14-15,22-26H2,1-2H3. The third kappa shape index (κ3) is 7.73. The SMILES string of the molecule is CCCCCCCCCC1(C#N)CCC(c2ccccc2-c2ccc(CCCCC)cc2)CC1. The number of benzene rings is 2. The Hall–Kier alpha value is -2.07. The van der Waals surface area contributed by atoms with Gasteiger partial charge in [-0.1, -0.05) is 120 Å². The van der Waals surface area contributed by atoms with E-state index in [2.05, 4.69) is 68.4 Å². The van der Waals surface area contributed by atoms with Crippen LogP contribution in [-0.2, 0) is 6.42 Å². The zero-order valence-corrected chi connectivity index (χ0v) is 22.0.